The molecule has 0 spiro atoms. The highest BCUT2D eigenvalue weighted by atomic mass is 32.1. The van der Waals surface area contributed by atoms with Crippen molar-refractivity contribution in [1.29, 1.82) is 0 Å². The molecule has 1 heterocycles. The molecule has 0 aromatic rings. The molecule has 0 bridgehead atoms. The minimum atomic E-state index is -0.145. The fourth-order valence-corrected chi connectivity index (χ4v) is 2.48. The first-order valence-electron chi connectivity index (χ1n) is 5.47. The number of hydrogen-bond acceptors (Lipinski definition) is 3. The molecule has 15 heavy (non-hydrogen) atoms. The van der Waals surface area contributed by atoms with Gasteiger partial charge in [0.15, 0.2) is 0 Å². The number of likely N-dealkylation sites (tertiary alicyclic amines) is 1. The molecule has 1 aliphatic carbocycles. The Morgan fingerprint density at radius 3 is 2.07 bits per heavy atom. The largest absolute Gasteiger partial charge is 0.282 e. The summed E-state index contributed by atoms with van der Waals surface area (Å²) in [5, 5.41) is 0. The third-order valence-electron chi connectivity index (χ3n) is 3.85. The van der Waals surface area contributed by atoms with Crippen LogP contribution in [0.1, 0.15) is 26.7 Å². The van der Waals surface area contributed by atoms with Crippen LogP contribution >= 0.6 is 12.6 Å². The second-order valence-corrected chi connectivity index (χ2v) is 5.31. The van der Waals surface area contributed by atoms with E-state index in [4.69, 9.17) is 0 Å². The summed E-state index contributed by atoms with van der Waals surface area (Å²) in [6.07, 6.45) is 2.19. The van der Waals surface area contributed by atoms with Crippen LogP contribution in [0.3, 0.4) is 0 Å². The number of nitrogens with zero attached hydrogens (tertiary/aromatic N) is 1. The first kappa shape index (κ1) is 11.0. The standard InChI is InChI=1S/C11H17NO2S/c1-7-8(2)10(14)12(9(7)13)5-11(6-15)3-4-11/h7-8,15H,3-6H2,1-2H3. The molecule has 2 aliphatic rings. The molecule has 1 saturated carbocycles. The van der Waals surface area contributed by atoms with Crippen LogP contribution in [0, 0.1) is 17.3 Å². The molecule has 1 aliphatic heterocycles. The van der Waals surface area contributed by atoms with Gasteiger partial charge in [-0.15, -0.1) is 0 Å². The van der Waals surface area contributed by atoms with E-state index in [-0.39, 0.29) is 29.1 Å². The van der Waals surface area contributed by atoms with Crippen molar-refractivity contribution in [2.24, 2.45) is 17.3 Å². The number of imide groups is 1. The van der Waals surface area contributed by atoms with Crippen LogP contribution in [-0.2, 0) is 9.59 Å². The third kappa shape index (κ3) is 1.69. The van der Waals surface area contributed by atoms with Crippen LogP contribution < -0.4 is 0 Å². The lowest BCUT2D eigenvalue weighted by atomic mass is 10.00. The Morgan fingerprint density at radius 1 is 1.27 bits per heavy atom. The third-order valence-corrected chi connectivity index (χ3v) is 4.52. The van der Waals surface area contributed by atoms with Gasteiger partial charge in [0.25, 0.3) is 0 Å². The van der Waals surface area contributed by atoms with E-state index in [0.717, 1.165) is 18.6 Å². The monoisotopic (exact) mass is 227 g/mol. The molecule has 0 radical (unpaired) electrons. The van der Waals surface area contributed by atoms with Gasteiger partial charge in [-0.05, 0) is 24.0 Å². The highest BCUT2D eigenvalue weighted by Crippen LogP contribution is 2.48. The van der Waals surface area contributed by atoms with Gasteiger partial charge in [-0.25, -0.2) is 0 Å². The van der Waals surface area contributed by atoms with Gasteiger partial charge in [0.2, 0.25) is 11.8 Å². The van der Waals surface area contributed by atoms with Gasteiger partial charge in [-0.2, -0.15) is 12.6 Å². The number of thiol groups is 1. The fraction of sp³-hybridized carbons (Fsp3) is 0.818. The van der Waals surface area contributed by atoms with Gasteiger partial charge in [0.05, 0.1) is 0 Å². The molecule has 2 fully saturated rings. The normalized spacial score (nSPS) is 33.7. The smallest absolute Gasteiger partial charge is 0.232 e. The predicted octanol–water partition coefficient (Wildman–Crippen LogP) is 1.34. The summed E-state index contributed by atoms with van der Waals surface area (Å²) in [6.45, 7) is 4.26. The van der Waals surface area contributed by atoms with Crippen LogP contribution in [-0.4, -0.2) is 29.0 Å². The maximum absolute atomic E-state index is 11.8. The van der Waals surface area contributed by atoms with Crippen molar-refractivity contribution in [3.05, 3.63) is 0 Å². The zero-order valence-corrected chi connectivity index (χ0v) is 10.1. The number of amides is 2. The van der Waals surface area contributed by atoms with Crippen molar-refractivity contribution in [2.45, 2.75) is 26.7 Å². The van der Waals surface area contributed by atoms with E-state index in [1.165, 1.54) is 4.90 Å². The van der Waals surface area contributed by atoms with Gasteiger partial charge in [0, 0.05) is 18.4 Å². The Hall–Kier alpha value is -0.510. The first-order chi connectivity index (χ1) is 7.01. The van der Waals surface area contributed by atoms with Crippen LogP contribution in [0.15, 0.2) is 0 Å². The van der Waals surface area contributed by atoms with E-state index >= 15 is 0 Å². The van der Waals surface area contributed by atoms with Crippen LogP contribution in [0.25, 0.3) is 0 Å². The maximum atomic E-state index is 11.8. The number of carbonyl (C=O) groups is 2. The topological polar surface area (TPSA) is 37.4 Å². The minimum Gasteiger partial charge on any atom is -0.282 e. The number of carbonyl (C=O) groups excluding carboxylic acids is 2. The van der Waals surface area contributed by atoms with Gasteiger partial charge in [-0.3, -0.25) is 14.5 Å². The number of hydrogen-bond donors (Lipinski definition) is 1. The molecular formula is C11H17NO2S. The molecule has 2 unspecified atom stereocenters. The molecular weight excluding hydrogens is 210 g/mol. The van der Waals surface area contributed by atoms with Crippen LogP contribution in [0.2, 0.25) is 0 Å². The Balaban J connectivity index is 2.10. The number of rotatable bonds is 3. The molecule has 1 saturated heterocycles. The molecule has 2 atom stereocenters. The SMILES string of the molecule is CC1C(=O)N(CC2(CS)CC2)C(=O)C1C. The molecule has 2 rings (SSSR count). The molecule has 0 aromatic carbocycles. The lowest BCUT2D eigenvalue weighted by Gasteiger charge is -2.20. The molecule has 0 N–H and O–H groups in total. The molecule has 84 valence electrons. The minimum absolute atomic E-state index is 0.000517. The van der Waals surface area contributed by atoms with Crippen molar-refractivity contribution in [3.63, 3.8) is 0 Å². The second-order valence-electron chi connectivity index (χ2n) is 5.00. The Labute approximate surface area is 95.6 Å². The predicted molar refractivity (Wildman–Crippen MR) is 60.6 cm³/mol. The summed E-state index contributed by atoms with van der Waals surface area (Å²) in [6, 6.07) is 0. The molecule has 2 amide bonds. The summed E-state index contributed by atoms with van der Waals surface area (Å²) in [5.74, 6) is 0.481. The van der Waals surface area contributed by atoms with E-state index in [9.17, 15) is 9.59 Å². The Bertz CT molecular complexity index is 292. The molecule has 0 aromatic heterocycles. The van der Waals surface area contributed by atoms with Gasteiger partial charge in [-0.1, -0.05) is 13.8 Å². The van der Waals surface area contributed by atoms with Crippen molar-refractivity contribution < 1.29 is 9.59 Å². The first-order valence-corrected chi connectivity index (χ1v) is 6.10. The van der Waals surface area contributed by atoms with Gasteiger partial charge in [0.1, 0.15) is 0 Å². The second kappa shape index (κ2) is 3.51. The highest BCUT2D eigenvalue weighted by Gasteiger charge is 2.49. The highest BCUT2D eigenvalue weighted by molar-refractivity contribution is 7.80. The van der Waals surface area contributed by atoms with E-state index in [0.29, 0.717) is 6.54 Å². The van der Waals surface area contributed by atoms with E-state index in [1.807, 2.05) is 13.8 Å². The van der Waals surface area contributed by atoms with Gasteiger partial charge >= 0.3 is 0 Å². The fourth-order valence-electron chi connectivity index (χ4n) is 2.06. The average Bonchev–Trinajstić information content (AvgIpc) is 2.99. The quantitative estimate of drug-likeness (QED) is 0.583. The van der Waals surface area contributed by atoms with Crippen molar-refractivity contribution >= 4 is 24.4 Å². The van der Waals surface area contributed by atoms with Crippen LogP contribution in [0.5, 0.6) is 0 Å². The van der Waals surface area contributed by atoms with Crippen molar-refractivity contribution in [1.82, 2.24) is 4.90 Å². The summed E-state index contributed by atoms with van der Waals surface area (Å²) in [7, 11) is 0. The van der Waals surface area contributed by atoms with E-state index < -0.39 is 0 Å². The maximum Gasteiger partial charge on any atom is 0.232 e. The lowest BCUT2D eigenvalue weighted by molar-refractivity contribution is -0.140. The van der Waals surface area contributed by atoms with E-state index in [2.05, 4.69) is 12.6 Å². The lowest BCUT2D eigenvalue weighted by Crippen LogP contribution is -2.36. The Morgan fingerprint density at radius 2 is 1.73 bits per heavy atom. The van der Waals surface area contributed by atoms with Crippen molar-refractivity contribution in [2.75, 3.05) is 12.3 Å². The molecule has 4 heteroatoms. The van der Waals surface area contributed by atoms with Crippen LogP contribution in [0.4, 0.5) is 0 Å². The summed E-state index contributed by atoms with van der Waals surface area (Å²) in [5.41, 5.74) is 0.137. The van der Waals surface area contributed by atoms with E-state index in [1.54, 1.807) is 0 Å². The van der Waals surface area contributed by atoms with Gasteiger partial charge < -0.3 is 0 Å². The zero-order chi connectivity index (χ0) is 11.2. The summed E-state index contributed by atoms with van der Waals surface area (Å²) < 4.78 is 0. The van der Waals surface area contributed by atoms with Crippen molar-refractivity contribution in [3.8, 4) is 0 Å². The summed E-state index contributed by atoms with van der Waals surface area (Å²) >= 11 is 4.29. The summed E-state index contributed by atoms with van der Waals surface area (Å²) in [4.78, 5) is 25.1. The molecule has 3 nitrogen and oxygen atoms in total. The average molecular weight is 227 g/mol. The zero-order valence-electron chi connectivity index (χ0n) is 9.19. The Kier molecular flexibility index (Phi) is 2.57.